The molecule has 0 aliphatic carbocycles. The lowest BCUT2D eigenvalue weighted by molar-refractivity contribution is -0.136. The Labute approximate surface area is 149 Å². The van der Waals surface area contributed by atoms with E-state index in [-0.39, 0.29) is 17.7 Å². The zero-order valence-electron chi connectivity index (χ0n) is 14.6. The molecule has 132 valence electrons. The average molecular weight is 351 g/mol. The van der Waals surface area contributed by atoms with Gasteiger partial charge in [0, 0.05) is 36.8 Å². The SMILES string of the molecule is CCCCN(CCCC)C(=O)[C@H]1CC(=O)N(c2ccc(Cl)cc2)C1. The molecule has 0 spiro atoms. The van der Waals surface area contributed by atoms with Crippen LogP contribution in [0.2, 0.25) is 5.02 Å². The molecule has 2 amide bonds. The summed E-state index contributed by atoms with van der Waals surface area (Å²) in [6.07, 6.45) is 4.46. The topological polar surface area (TPSA) is 40.6 Å². The lowest BCUT2D eigenvalue weighted by Crippen LogP contribution is -2.38. The van der Waals surface area contributed by atoms with Gasteiger partial charge in [-0.3, -0.25) is 9.59 Å². The van der Waals surface area contributed by atoms with Crippen LogP contribution in [-0.4, -0.2) is 36.3 Å². The second-order valence-corrected chi connectivity index (χ2v) is 6.85. The highest BCUT2D eigenvalue weighted by Gasteiger charge is 2.36. The van der Waals surface area contributed by atoms with Crippen molar-refractivity contribution in [3.05, 3.63) is 29.3 Å². The summed E-state index contributed by atoms with van der Waals surface area (Å²) in [5.74, 6) is -0.0924. The Morgan fingerprint density at radius 2 is 1.75 bits per heavy atom. The van der Waals surface area contributed by atoms with Crippen molar-refractivity contribution in [2.45, 2.75) is 46.0 Å². The van der Waals surface area contributed by atoms with Crippen LogP contribution in [0.4, 0.5) is 5.69 Å². The quantitative estimate of drug-likeness (QED) is 0.707. The minimum Gasteiger partial charge on any atom is -0.342 e. The summed E-state index contributed by atoms with van der Waals surface area (Å²) in [6, 6.07) is 7.21. The molecule has 0 saturated carbocycles. The van der Waals surface area contributed by atoms with Crippen molar-refractivity contribution in [3.8, 4) is 0 Å². The van der Waals surface area contributed by atoms with Gasteiger partial charge in [-0.1, -0.05) is 38.3 Å². The van der Waals surface area contributed by atoms with Gasteiger partial charge in [-0.15, -0.1) is 0 Å². The van der Waals surface area contributed by atoms with Gasteiger partial charge >= 0.3 is 0 Å². The molecule has 0 radical (unpaired) electrons. The van der Waals surface area contributed by atoms with Gasteiger partial charge in [-0.2, -0.15) is 0 Å². The molecule has 0 unspecified atom stereocenters. The van der Waals surface area contributed by atoms with Crippen LogP contribution in [0.5, 0.6) is 0 Å². The molecular weight excluding hydrogens is 324 g/mol. The van der Waals surface area contributed by atoms with Crippen LogP contribution in [0.3, 0.4) is 0 Å². The summed E-state index contributed by atoms with van der Waals surface area (Å²) in [6.45, 7) is 6.31. The summed E-state index contributed by atoms with van der Waals surface area (Å²) < 4.78 is 0. The van der Waals surface area contributed by atoms with Crippen LogP contribution < -0.4 is 4.90 Å². The molecule has 1 aromatic rings. The number of anilines is 1. The molecule has 1 heterocycles. The predicted octanol–water partition coefficient (Wildman–Crippen LogP) is 4.12. The van der Waals surface area contributed by atoms with Crippen molar-refractivity contribution >= 4 is 29.1 Å². The van der Waals surface area contributed by atoms with E-state index in [0.717, 1.165) is 44.5 Å². The van der Waals surface area contributed by atoms with Gasteiger partial charge in [0.25, 0.3) is 0 Å². The van der Waals surface area contributed by atoms with E-state index < -0.39 is 0 Å². The first-order valence-corrected chi connectivity index (χ1v) is 9.29. The van der Waals surface area contributed by atoms with Crippen molar-refractivity contribution in [1.82, 2.24) is 4.90 Å². The Bertz CT molecular complexity index is 551. The van der Waals surface area contributed by atoms with Gasteiger partial charge in [0.05, 0.1) is 5.92 Å². The molecule has 2 rings (SSSR count). The number of hydrogen-bond donors (Lipinski definition) is 0. The van der Waals surface area contributed by atoms with Gasteiger partial charge < -0.3 is 9.80 Å². The number of amides is 2. The van der Waals surface area contributed by atoms with Crippen molar-refractivity contribution in [1.29, 1.82) is 0 Å². The van der Waals surface area contributed by atoms with Crippen LogP contribution in [0.1, 0.15) is 46.0 Å². The van der Waals surface area contributed by atoms with Gasteiger partial charge in [0.15, 0.2) is 0 Å². The summed E-state index contributed by atoms with van der Waals surface area (Å²) in [7, 11) is 0. The van der Waals surface area contributed by atoms with Crippen molar-refractivity contribution in [2.75, 3.05) is 24.5 Å². The zero-order valence-corrected chi connectivity index (χ0v) is 15.4. The number of halogens is 1. The fourth-order valence-electron chi connectivity index (χ4n) is 3.03. The number of carbonyl (C=O) groups is 2. The minimum absolute atomic E-state index is 0.0154. The first-order valence-electron chi connectivity index (χ1n) is 8.91. The minimum atomic E-state index is -0.234. The number of nitrogens with zero attached hydrogens (tertiary/aromatic N) is 2. The lowest BCUT2D eigenvalue weighted by atomic mass is 10.1. The molecule has 1 fully saturated rings. The van der Waals surface area contributed by atoms with Crippen molar-refractivity contribution in [3.63, 3.8) is 0 Å². The molecule has 1 atom stereocenters. The van der Waals surface area contributed by atoms with Gasteiger partial charge in [0.2, 0.25) is 11.8 Å². The lowest BCUT2D eigenvalue weighted by Gasteiger charge is -2.25. The molecule has 1 aliphatic heterocycles. The average Bonchev–Trinajstić information content (AvgIpc) is 2.97. The maximum atomic E-state index is 12.9. The number of hydrogen-bond acceptors (Lipinski definition) is 2. The van der Waals surface area contributed by atoms with Crippen LogP contribution >= 0.6 is 11.6 Å². The maximum absolute atomic E-state index is 12.9. The second-order valence-electron chi connectivity index (χ2n) is 6.41. The number of unbranched alkanes of at least 4 members (excludes halogenated alkanes) is 2. The summed E-state index contributed by atoms with van der Waals surface area (Å²) in [5, 5.41) is 0.642. The van der Waals surface area contributed by atoms with Crippen LogP contribution in [0.15, 0.2) is 24.3 Å². The molecule has 1 saturated heterocycles. The third kappa shape index (κ3) is 4.73. The first-order chi connectivity index (χ1) is 11.6. The fraction of sp³-hybridized carbons (Fsp3) is 0.579. The van der Waals surface area contributed by atoms with E-state index in [1.54, 1.807) is 17.0 Å². The molecule has 5 heteroatoms. The van der Waals surface area contributed by atoms with Crippen molar-refractivity contribution in [2.24, 2.45) is 5.92 Å². The van der Waals surface area contributed by atoms with Crippen LogP contribution in [-0.2, 0) is 9.59 Å². The number of carbonyl (C=O) groups excluding carboxylic acids is 2. The van der Waals surface area contributed by atoms with E-state index in [0.29, 0.717) is 18.0 Å². The monoisotopic (exact) mass is 350 g/mol. The molecule has 1 aliphatic rings. The van der Waals surface area contributed by atoms with E-state index in [2.05, 4.69) is 13.8 Å². The van der Waals surface area contributed by atoms with Gasteiger partial charge in [-0.05, 0) is 37.1 Å². The molecule has 4 nitrogen and oxygen atoms in total. The molecule has 1 aromatic carbocycles. The second kappa shape index (κ2) is 9.07. The Kier molecular flexibility index (Phi) is 7.10. The Balaban J connectivity index is 2.04. The Morgan fingerprint density at radius 1 is 1.17 bits per heavy atom. The molecule has 0 bridgehead atoms. The highest BCUT2D eigenvalue weighted by atomic mass is 35.5. The van der Waals surface area contributed by atoms with Gasteiger partial charge in [0.1, 0.15) is 0 Å². The number of rotatable bonds is 8. The van der Waals surface area contributed by atoms with Gasteiger partial charge in [-0.25, -0.2) is 0 Å². The predicted molar refractivity (Wildman–Crippen MR) is 98.3 cm³/mol. The Morgan fingerprint density at radius 3 is 2.29 bits per heavy atom. The first kappa shape index (κ1) is 18.8. The smallest absolute Gasteiger partial charge is 0.228 e. The van der Waals surface area contributed by atoms with E-state index in [1.165, 1.54) is 0 Å². The van der Waals surface area contributed by atoms with E-state index in [4.69, 9.17) is 11.6 Å². The summed E-state index contributed by atoms with van der Waals surface area (Å²) in [5.41, 5.74) is 0.813. The largest absolute Gasteiger partial charge is 0.342 e. The van der Waals surface area contributed by atoms with E-state index in [1.807, 2.05) is 17.0 Å². The Hall–Kier alpha value is -1.55. The molecule has 0 N–H and O–H groups in total. The summed E-state index contributed by atoms with van der Waals surface area (Å²) >= 11 is 5.91. The van der Waals surface area contributed by atoms with E-state index in [9.17, 15) is 9.59 Å². The normalized spacial score (nSPS) is 17.4. The standard InChI is InChI=1S/C19H27ClN2O2/c1-3-5-11-21(12-6-4-2)19(24)15-13-18(23)22(14-15)17-9-7-16(20)8-10-17/h7-10,15H,3-6,11-14H2,1-2H3/t15-/m0/s1. The third-order valence-electron chi connectivity index (χ3n) is 4.49. The highest BCUT2D eigenvalue weighted by molar-refractivity contribution is 6.30. The van der Waals surface area contributed by atoms with Crippen LogP contribution in [0.25, 0.3) is 0 Å². The van der Waals surface area contributed by atoms with E-state index >= 15 is 0 Å². The highest BCUT2D eigenvalue weighted by Crippen LogP contribution is 2.27. The zero-order chi connectivity index (χ0) is 17.5. The fourth-order valence-corrected chi connectivity index (χ4v) is 3.16. The summed E-state index contributed by atoms with van der Waals surface area (Å²) in [4.78, 5) is 28.9. The molecular formula is C19H27ClN2O2. The third-order valence-corrected chi connectivity index (χ3v) is 4.74. The molecule has 0 aromatic heterocycles. The maximum Gasteiger partial charge on any atom is 0.228 e. The molecule has 24 heavy (non-hydrogen) atoms. The van der Waals surface area contributed by atoms with Crippen molar-refractivity contribution < 1.29 is 9.59 Å². The number of benzene rings is 1. The van der Waals surface area contributed by atoms with Crippen LogP contribution in [0, 0.1) is 5.92 Å².